The zero-order valence-electron chi connectivity index (χ0n) is 21.0. The van der Waals surface area contributed by atoms with E-state index < -0.39 is 0 Å². The van der Waals surface area contributed by atoms with Gasteiger partial charge in [0.15, 0.2) is 0 Å². The molecule has 0 N–H and O–H groups in total. The molecule has 0 aromatic heterocycles. The average molecular weight is 379 g/mol. The number of piperazine rings is 1. The first-order valence-electron chi connectivity index (χ1n) is 11.0. The normalized spacial score (nSPS) is 20.3. The predicted octanol–water partition coefficient (Wildman–Crippen LogP) is 6.62. The van der Waals surface area contributed by atoms with Crippen molar-refractivity contribution >= 4 is 0 Å². The van der Waals surface area contributed by atoms with E-state index in [-0.39, 0.29) is 16.5 Å². The molecule has 2 nitrogen and oxygen atoms in total. The van der Waals surface area contributed by atoms with Crippen molar-refractivity contribution in [1.29, 1.82) is 0 Å². The van der Waals surface area contributed by atoms with Gasteiger partial charge < -0.3 is 0 Å². The molecule has 0 aromatic rings. The van der Waals surface area contributed by atoms with Gasteiger partial charge in [-0.2, -0.15) is 0 Å². The Bertz CT molecular complexity index is 516. The number of hydrogen-bond acceptors (Lipinski definition) is 2. The van der Waals surface area contributed by atoms with E-state index in [4.69, 9.17) is 0 Å². The highest BCUT2D eigenvalue weighted by molar-refractivity contribution is 5.16. The van der Waals surface area contributed by atoms with Gasteiger partial charge in [-0.1, -0.05) is 67.0 Å². The Hall–Kier alpha value is -0.340. The molecule has 1 aliphatic heterocycles. The zero-order chi connectivity index (χ0) is 21.5. The maximum absolute atomic E-state index is 2.73. The van der Waals surface area contributed by atoms with Gasteiger partial charge in [-0.3, -0.25) is 9.80 Å². The lowest BCUT2D eigenvalue weighted by Gasteiger charge is -2.52. The third-order valence-electron chi connectivity index (χ3n) is 7.61. The third-order valence-corrected chi connectivity index (χ3v) is 7.61. The summed E-state index contributed by atoms with van der Waals surface area (Å²) in [5, 5.41) is 0. The Labute approximate surface area is 171 Å². The van der Waals surface area contributed by atoms with E-state index in [1.807, 2.05) is 0 Å². The first-order chi connectivity index (χ1) is 11.8. The Morgan fingerprint density at radius 1 is 0.704 bits per heavy atom. The van der Waals surface area contributed by atoms with Crippen LogP contribution in [0, 0.1) is 16.2 Å². The summed E-state index contributed by atoms with van der Waals surface area (Å²) in [7, 11) is 0. The minimum absolute atomic E-state index is 0.123. The van der Waals surface area contributed by atoms with Crippen LogP contribution in [0.2, 0.25) is 0 Å². The van der Waals surface area contributed by atoms with Gasteiger partial charge in [-0.05, 0) is 57.3 Å². The highest BCUT2D eigenvalue weighted by Crippen LogP contribution is 2.45. The third kappa shape index (κ3) is 6.32. The van der Waals surface area contributed by atoms with E-state index in [1.165, 1.54) is 25.1 Å². The van der Waals surface area contributed by atoms with Gasteiger partial charge in [0.1, 0.15) is 0 Å². The maximum atomic E-state index is 2.73. The van der Waals surface area contributed by atoms with Crippen LogP contribution in [0.1, 0.15) is 96.4 Å². The van der Waals surface area contributed by atoms with Gasteiger partial charge in [0.2, 0.25) is 0 Å². The zero-order valence-corrected chi connectivity index (χ0v) is 21.0. The lowest BCUT2D eigenvalue weighted by atomic mass is 9.64. The summed E-state index contributed by atoms with van der Waals surface area (Å²) >= 11 is 0. The molecule has 0 aliphatic carbocycles. The van der Waals surface area contributed by atoms with Crippen molar-refractivity contribution < 1.29 is 0 Å². The first kappa shape index (κ1) is 24.7. The van der Waals surface area contributed by atoms with Gasteiger partial charge in [0.05, 0.1) is 0 Å². The molecule has 0 radical (unpaired) electrons. The van der Waals surface area contributed by atoms with Crippen molar-refractivity contribution in [1.82, 2.24) is 9.80 Å². The largest absolute Gasteiger partial charge is 0.296 e. The van der Waals surface area contributed by atoms with Crippen LogP contribution in [0.5, 0.6) is 0 Å². The molecule has 0 saturated carbocycles. The molecule has 1 saturated heterocycles. The van der Waals surface area contributed by atoms with Gasteiger partial charge in [-0.15, -0.1) is 0 Å². The Morgan fingerprint density at radius 3 is 1.48 bits per heavy atom. The molecule has 1 rings (SSSR count). The van der Waals surface area contributed by atoms with Crippen LogP contribution in [-0.2, 0) is 0 Å². The van der Waals surface area contributed by atoms with E-state index in [9.17, 15) is 0 Å². The SMILES string of the molecule is CC(=CC(C)(C)N1CCN(C(C)(C)CC(C)(C)C(C)(C)C)CC1)C(C)(C)C. The van der Waals surface area contributed by atoms with E-state index in [2.05, 4.69) is 106 Å². The fraction of sp³-hybridized carbons (Fsp3) is 0.920. The minimum Gasteiger partial charge on any atom is -0.296 e. The molecule has 0 bridgehead atoms. The van der Waals surface area contributed by atoms with Gasteiger partial charge in [-0.25, -0.2) is 0 Å². The molecule has 0 amide bonds. The fourth-order valence-electron chi connectivity index (χ4n) is 4.18. The van der Waals surface area contributed by atoms with Gasteiger partial charge in [0, 0.05) is 37.3 Å². The van der Waals surface area contributed by atoms with Crippen molar-refractivity contribution in [3.05, 3.63) is 11.6 Å². The van der Waals surface area contributed by atoms with Crippen molar-refractivity contribution in [2.75, 3.05) is 26.2 Å². The fourth-order valence-corrected chi connectivity index (χ4v) is 4.18. The molecule has 0 unspecified atom stereocenters. The lowest BCUT2D eigenvalue weighted by Crippen LogP contribution is -2.59. The van der Waals surface area contributed by atoms with Crippen LogP contribution in [0.4, 0.5) is 0 Å². The van der Waals surface area contributed by atoms with Crippen molar-refractivity contribution in [2.45, 2.75) is 108 Å². The standard InChI is InChI=1S/C25H50N2/c1-20(21(2,3)4)18-24(10,11)26-14-16-27(17-15-26)25(12,13)19-23(8,9)22(5,6)7/h18H,14-17,19H2,1-13H3. The van der Waals surface area contributed by atoms with Gasteiger partial charge >= 0.3 is 0 Å². The van der Waals surface area contributed by atoms with Crippen molar-refractivity contribution in [3.63, 3.8) is 0 Å². The van der Waals surface area contributed by atoms with Gasteiger partial charge in [0.25, 0.3) is 0 Å². The van der Waals surface area contributed by atoms with E-state index in [1.54, 1.807) is 0 Å². The number of nitrogens with zero attached hydrogens (tertiary/aromatic N) is 2. The molecule has 0 atom stereocenters. The highest BCUT2D eigenvalue weighted by Gasteiger charge is 2.41. The second-order valence-electron chi connectivity index (χ2n) is 12.8. The molecule has 0 aromatic carbocycles. The quantitative estimate of drug-likeness (QED) is 0.496. The molecule has 1 heterocycles. The van der Waals surface area contributed by atoms with E-state index >= 15 is 0 Å². The van der Waals surface area contributed by atoms with Crippen molar-refractivity contribution in [2.24, 2.45) is 16.2 Å². The van der Waals surface area contributed by atoms with Crippen LogP contribution >= 0.6 is 0 Å². The van der Waals surface area contributed by atoms with Crippen molar-refractivity contribution in [3.8, 4) is 0 Å². The molecule has 1 fully saturated rings. The summed E-state index contributed by atoms with van der Waals surface area (Å²) in [4.78, 5) is 5.40. The second kappa shape index (κ2) is 7.82. The topological polar surface area (TPSA) is 6.48 Å². The molecule has 160 valence electrons. The maximum Gasteiger partial charge on any atom is 0.0338 e. The summed E-state index contributed by atoms with van der Waals surface area (Å²) in [6.45, 7) is 35.5. The lowest BCUT2D eigenvalue weighted by molar-refractivity contribution is -0.0171. The number of rotatable bonds is 5. The minimum atomic E-state index is 0.123. The predicted molar refractivity (Wildman–Crippen MR) is 122 cm³/mol. The monoisotopic (exact) mass is 378 g/mol. The van der Waals surface area contributed by atoms with Crippen LogP contribution in [0.25, 0.3) is 0 Å². The summed E-state index contributed by atoms with van der Waals surface area (Å²) in [5.74, 6) is 0. The highest BCUT2D eigenvalue weighted by atomic mass is 15.3. The summed E-state index contributed by atoms with van der Waals surface area (Å²) in [5.41, 5.74) is 2.74. The molecular formula is C25H50N2. The molecule has 0 spiro atoms. The molecule has 1 aliphatic rings. The Balaban J connectivity index is 2.81. The summed E-state index contributed by atoms with van der Waals surface area (Å²) in [6.07, 6.45) is 3.73. The summed E-state index contributed by atoms with van der Waals surface area (Å²) in [6, 6.07) is 0. The van der Waals surface area contributed by atoms with Crippen LogP contribution in [0.3, 0.4) is 0 Å². The van der Waals surface area contributed by atoms with Crippen LogP contribution in [-0.4, -0.2) is 47.1 Å². The number of allylic oxidation sites excluding steroid dienone is 1. The Morgan fingerprint density at radius 2 is 1.11 bits per heavy atom. The molecule has 27 heavy (non-hydrogen) atoms. The number of hydrogen-bond donors (Lipinski definition) is 0. The molecular weight excluding hydrogens is 328 g/mol. The smallest absolute Gasteiger partial charge is 0.0338 e. The summed E-state index contributed by atoms with van der Waals surface area (Å²) < 4.78 is 0. The van der Waals surface area contributed by atoms with Crippen LogP contribution in [0.15, 0.2) is 11.6 Å². The van der Waals surface area contributed by atoms with E-state index in [0.29, 0.717) is 10.8 Å². The second-order valence-corrected chi connectivity index (χ2v) is 12.8. The molecule has 2 heteroatoms. The first-order valence-corrected chi connectivity index (χ1v) is 11.0. The van der Waals surface area contributed by atoms with Crippen LogP contribution < -0.4 is 0 Å². The van der Waals surface area contributed by atoms with E-state index in [0.717, 1.165) is 13.1 Å². The average Bonchev–Trinajstić information content (AvgIpc) is 2.43. The Kier molecular flexibility index (Phi) is 7.16.